The lowest BCUT2D eigenvalue weighted by molar-refractivity contribution is 0.410. The molecule has 3 heteroatoms. The number of hydrogen-bond acceptors (Lipinski definition) is 2. The van der Waals surface area contributed by atoms with Gasteiger partial charge in [-0.3, -0.25) is 4.21 Å². The molecule has 0 spiro atoms. The molecular weight excluding hydrogens is 230 g/mol. The minimum Gasteiger partial charge on any atom is -0.313 e. The topological polar surface area (TPSA) is 29.1 Å². The van der Waals surface area contributed by atoms with Crippen LogP contribution in [0.25, 0.3) is 0 Å². The predicted molar refractivity (Wildman–Crippen MR) is 76.8 cm³/mol. The van der Waals surface area contributed by atoms with Gasteiger partial charge in [0, 0.05) is 34.9 Å². The van der Waals surface area contributed by atoms with Crippen molar-refractivity contribution in [3.8, 4) is 0 Å². The van der Waals surface area contributed by atoms with Crippen LogP contribution in [0.3, 0.4) is 0 Å². The maximum atomic E-state index is 11.3. The van der Waals surface area contributed by atoms with Gasteiger partial charge < -0.3 is 5.32 Å². The molecule has 1 rings (SSSR count). The fraction of sp³-hybridized carbons (Fsp3) is 1.00. The van der Waals surface area contributed by atoms with Crippen molar-refractivity contribution in [3.63, 3.8) is 0 Å². The van der Waals surface area contributed by atoms with Crippen LogP contribution >= 0.6 is 0 Å². The van der Waals surface area contributed by atoms with Crippen molar-refractivity contribution in [2.45, 2.75) is 70.1 Å². The summed E-state index contributed by atoms with van der Waals surface area (Å²) in [5, 5.41) is 3.89. The van der Waals surface area contributed by atoms with Gasteiger partial charge in [0.1, 0.15) is 0 Å². The summed E-state index contributed by atoms with van der Waals surface area (Å²) in [6.07, 6.45) is 11.3. The van der Waals surface area contributed by atoms with E-state index < -0.39 is 10.8 Å². The maximum Gasteiger partial charge on any atom is 0.0441 e. The van der Waals surface area contributed by atoms with E-state index in [1.54, 1.807) is 6.26 Å². The van der Waals surface area contributed by atoms with Gasteiger partial charge in [-0.1, -0.05) is 32.6 Å². The number of rotatable bonds is 6. The SMILES string of the molecule is CCCC1CCCC(NCC(C)S(C)=O)CC1. The van der Waals surface area contributed by atoms with Crippen LogP contribution in [0.5, 0.6) is 0 Å². The standard InChI is InChI=1S/C14H29NOS/c1-4-6-13-7-5-8-14(10-9-13)15-11-12(2)17(3)16/h12-15H,4-11H2,1-3H3. The van der Waals surface area contributed by atoms with Crippen LogP contribution in [0.15, 0.2) is 0 Å². The zero-order valence-corrected chi connectivity index (χ0v) is 12.5. The lowest BCUT2D eigenvalue weighted by atomic mass is 9.95. The maximum absolute atomic E-state index is 11.3. The second-order valence-corrected chi connectivity index (χ2v) is 7.38. The summed E-state index contributed by atoms with van der Waals surface area (Å²) < 4.78 is 11.3. The van der Waals surface area contributed by atoms with Crippen molar-refractivity contribution in [2.24, 2.45) is 5.92 Å². The van der Waals surface area contributed by atoms with Crippen molar-refractivity contribution in [1.29, 1.82) is 0 Å². The molecule has 0 aliphatic heterocycles. The summed E-state index contributed by atoms with van der Waals surface area (Å²) in [5.74, 6) is 0.963. The van der Waals surface area contributed by atoms with Crippen molar-refractivity contribution in [2.75, 3.05) is 12.8 Å². The van der Waals surface area contributed by atoms with E-state index in [9.17, 15) is 4.21 Å². The largest absolute Gasteiger partial charge is 0.313 e. The van der Waals surface area contributed by atoms with Gasteiger partial charge in [-0.15, -0.1) is 0 Å². The minimum absolute atomic E-state index is 0.282. The molecule has 2 nitrogen and oxygen atoms in total. The van der Waals surface area contributed by atoms with E-state index in [1.165, 1.54) is 44.9 Å². The first-order chi connectivity index (χ1) is 8.13. The molecule has 17 heavy (non-hydrogen) atoms. The van der Waals surface area contributed by atoms with Gasteiger partial charge in [0.15, 0.2) is 0 Å². The Balaban J connectivity index is 2.24. The molecule has 0 heterocycles. The Bertz CT molecular complexity index is 232. The van der Waals surface area contributed by atoms with Gasteiger partial charge >= 0.3 is 0 Å². The average Bonchev–Trinajstić information content (AvgIpc) is 2.52. The summed E-state index contributed by atoms with van der Waals surface area (Å²) in [4.78, 5) is 0. The first-order valence-corrected chi connectivity index (χ1v) is 8.81. The summed E-state index contributed by atoms with van der Waals surface area (Å²) in [6, 6.07) is 0.669. The van der Waals surface area contributed by atoms with E-state index in [4.69, 9.17) is 0 Å². The normalized spacial score (nSPS) is 29.6. The van der Waals surface area contributed by atoms with E-state index in [-0.39, 0.29) is 5.25 Å². The van der Waals surface area contributed by atoms with Crippen LogP contribution < -0.4 is 5.32 Å². The molecule has 1 aliphatic carbocycles. The highest BCUT2D eigenvalue weighted by molar-refractivity contribution is 7.84. The second-order valence-electron chi connectivity index (χ2n) is 5.58. The van der Waals surface area contributed by atoms with Crippen LogP contribution in [-0.4, -0.2) is 28.3 Å². The first-order valence-electron chi connectivity index (χ1n) is 7.19. The Morgan fingerprint density at radius 1 is 1.29 bits per heavy atom. The fourth-order valence-electron chi connectivity index (χ4n) is 2.73. The van der Waals surface area contributed by atoms with Crippen molar-refractivity contribution >= 4 is 10.8 Å². The molecule has 1 fully saturated rings. The second kappa shape index (κ2) is 8.25. The third-order valence-corrected chi connectivity index (χ3v) is 5.35. The van der Waals surface area contributed by atoms with Crippen LogP contribution in [0.4, 0.5) is 0 Å². The molecule has 1 saturated carbocycles. The molecule has 1 N–H and O–H groups in total. The minimum atomic E-state index is -0.692. The smallest absolute Gasteiger partial charge is 0.0441 e. The molecule has 0 bridgehead atoms. The summed E-state index contributed by atoms with van der Waals surface area (Å²) in [7, 11) is -0.692. The molecule has 0 radical (unpaired) electrons. The zero-order valence-electron chi connectivity index (χ0n) is 11.7. The highest BCUT2D eigenvalue weighted by Crippen LogP contribution is 2.26. The third-order valence-electron chi connectivity index (χ3n) is 4.05. The predicted octanol–water partition coefficient (Wildman–Crippen LogP) is 3.09. The average molecular weight is 259 g/mol. The van der Waals surface area contributed by atoms with E-state index >= 15 is 0 Å². The van der Waals surface area contributed by atoms with Crippen molar-refractivity contribution in [1.82, 2.24) is 5.32 Å². The zero-order chi connectivity index (χ0) is 12.7. The van der Waals surface area contributed by atoms with E-state index in [0.717, 1.165) is 12.5 Å². The van der Waals surface area contributed by atoms with E-state index in [1.807, 2.05) is 0 Å². The van der Waals surface area contributed by atoms with Gasteiger partial charge in [0.25, 0.3) is 0 Å². The Morgan fingerprint density at radius 3 is 2.71 bits per heavy atom. The molecule has 0 aromatic carbocycles. The highest BCUT2D eigenvalue weighted by Gasteiger charge is 2.18. The van der Waals surface area contributed by atoms with E-state index in [2.05, 4.69) is 19.2 Å². The van der Waals surface area contributed by atoms with E-state index in [0.29, 0.717) is 6.04 Å². The Hall–Kier alpha value is 0.110. The van der Waals surface area contributed by atoms with Crippen LogP contribution in [0.2, 0.25) is 0 Å². The molecule has 102 valence electrons. The Morgan fingerprint density at radius 2 is 2.06 bits per heavy atom. The molecule has 0 amide bonds. The quantitative estimate of drug-likeness (QED) is 0.743. The lowest BCUT2D eigenvalue weighted by Gasteiger charge is -2.19. The lowest BCUT2D eigenvalue weighted by Crippen LogP contribution is -2.35. The molecule has 0 aromatic heterocycles. The molecule has 0 saturated heterocycles. The molecule has 4 atom stereocenters. The Labute approximate surface area is 109 Å². The van der Waals surface area contributed by atoms with Crippen molar-refractivity contribution in [3.05, 3.63) is 0 Å². The first kappa shape index (κ1) is 15.2. The molecule has 0 aromatic rings. The van der Waals surface area contributed by atoms with Crippen LogP contribution in [0.1, 0.15) is 58.8 Å². The third kappa shape index (κ3) is 6.01. The Kier molecular flexibility index (Phi) is 7.36. The van der Waals surface area contributed by atoms with Gasteiger partial charge in [0.05, 0.1) is 0 Å². The fourth-order valence-corrected chi connectivity index (χ4v) is 3.06. The monoisotopic (exact) mass is 259 g/mol. The van der Waals surface area contributed by atoms with Gasteiger partial charge in [-0.25, -0.2) is 0 Å². The summed E-state index contributed by atoms with van der Waals surface area (Å²) in [5.41, 5.74) is 0. The molecule has 4 unspecified atom stereocenters. The van der Waals surface area contributed by atoms with Gasteiger partial charge in [0.2, 0.25) is 0 Å². The molecular formula is C14H29NOS. The van der Waals surface area contributed by atoms with Crippen LogP contribution in [0, 0.1) is 5.92 Å². The van der Waals surface area contributed by atoms with Crippen molar-refractivity contribution < 1.29 is 4.21 Å². The van der Waals surface area contributed by atoms with Gasteiger partial charge in [-0.05, 0) is 32.1 Å². The van der Waals surface area contributed by atoms with Crippen LogP contribution in [-0.2, 0) is 10.8 Å². The molecule has 1 aliphatic rings. The van der Waals surface area contributed by atoms with Gasteiger partial charge in [-0.2, -0.15) is 0 Å². The number of nitrogens with one attached hydrogen (secondary N) is 1. The number of hydrogen-bond donors (Lipinski definition) is 1. The summed E-state index contributed by atoms with van der Waals surface area (Å²) >= 11 is 0. The summed E-state index contributed by atoms with van der Waals surface area (Å²) in [6.45, 7) is 5.27. The highest BCUT2D eigenvalue weighted by atomic mass is 32.2.